The number of carbonyl (C=O) groups is 1. The maximum atomic E-state index is 12.8. The molecule has 0 aromatic heterocycles. The van der Waals surface area contributed by atoms with Gasteiger partial charge in [0.1, 0.15) is 11.8 Å². The minimum atomic E-state index is -3.65. The third-order valence-electron chi connectivity index (χ3n) is 3.96. The number of hydrogen-bond donors (Lipinski definition) is 1. The molecule has 0 bridgehead atoms. The van der Waals surface area contributed by atoms with E-state index in [4.69, 9.17) is 4.74 Å². The fraction of sp³-hybridized carbons (Fsp3) is 0.316. The van der Waals surface area contributed by atoms with Crippen molar-refractivity contribution < 1.29 is 17.9 Å². The van der Waals surface area contributed by atoms with E-state index in [2.05, 4.69) is 5.32 Å². The molecule has 1 amide bonds. The Morgan fingerprint density at radius 1 is 1.12 bits per heavy atom. The van der Waals surface area contributed by atoms with E-state index in [1.165, 1.54) is 7.11 Å². The fourth-order valence-corrected chi connectivity index (χ4v) is 3.90. The third kappa shape index (κ3) is 4.54. The van der Waals surface area contributed by atoms with E-state index in [1.54, 1.807) is 37.3 Å². The predicted molar refractivity (Wildman–Crippen MR) is 104 cm³/mol. The van der Waals surface area contributed by atoms with Gasteiger partial charge in [-0.3, -0.25) is 9.10 Å². The summed E-state index contributed by atoms with van der Waals surface area (Å²) in [6.07, 6.45) is 1.09. The number of hydrogen-bond acceptors (Lipinski definition) is 4. The normalized spacial score (nSPS) is 12.3. The highest BCUT2D eigenvalue weighted by atomic mass is 32.2. The molecule has 0 fully saturated rings. The summed E-state index contributed by atoms with van der Waals surface area (Å²) >= 11 is 0. The molecule has 0 aliphatic heterocycles. The van der Waals surface area contributed by atoms with E-state index in [9.17, 15) is 13.2 Å². The van der Waals surface area contributed by atoms with Crippen molar-refractivity contribution in [3.05, 3.63) is 53.6 Å². The van der Waals surface area contributed by atoms with Gasteiger partial charge in [0.25, 0.3) is 0 Å². The number of nitrogens with one attached hydrogen (secondary N) is 1. The van der Waals surface area contributed by atoms with Crippen LogP contribution in [0.5, 0.6) is 5.75 Å². The molecule has 140 valence electrons. The topological polar surface area (TPSA) is 75.7 Å². The van der Waals surface area contributed by atoms with Gasteiger partial charge in [-0.1, -0.05) is 18.2 Å². The SMILES string of the molecule is COc1ccc(C)cc1NC(=O)[C@@H](C)N(c1cccc(C)c1)S(C)(=O)=O. The minimum Gasteiger partial charge on any atom is -0.495 e. The van der Waals surface area contributed by atoms with E-state index < -0.39 is 22.0 Å². The van der Waals surface area contributed by atoms with Gasteiger partial charge in [0, 0.05) is 0 Å². The van der Waals surface area contributed by atoms with Crippen LogP contribution in [-0.2, 0) is 14.8 Å². The summed E-state index contributed by atoms with van der Waals surface area (Å²) in [6, 6.07) is 11.5. The van der Waals surface area contributed by atoms with E-state index in [1.807, 2.05) is 26.0 Å². The van der Waals surface area contributed by atoms with Crippen molar-refractivity contribution in [3.63, 3.8) is 0 Å². The Kier molecular flexibility index (Phi) is 5.92. The van der Waals surface area contributed by atoms with Crippen LogP contribution >= 0.6 is 0 Å². The molecule has 0 unspecified atom stereocenters. The van der Waals surface area contributed by atoms with Crippen LogP contribution in [0.2, 0.25) is 0 Å². The van der Waals surface area contributed by atoms with Crippen molar-refractivity contribution in [1.82, 2.24) is 0 Å². The average molecular weight is 376 g/mol. The van der Waals surface area contributed by atoms with Crippen molar-refractivity contribution in [2.45, 2.75) is 26.8 Å². The summed E-state index contributed by atoms with van der Waals surface area (Å²) in [5.41, 5.74) is 2.81. The minimum absolute atomic E-state index is 0.444. The molecule has 1 atom stereocenters. The number of methoxy groups -OCH3 is 1. The van der Waals surface area contributed by atoms with Gasteiger partial charge in [-0.05, 0) is 56.2 Å². The van der Waals surface area contributed by atoms with Crippen LogP contribution in [0.1, 0.15) is 18.1 Å². The molecule has 0 saturated heterocycles. The molecule has 0 aliphatic rings. The summed E-state index contributed by atoms with van der Waals surface area (Å²) in [6.45, 7) is 5.32. The highest BCUT2D eigenvalue weighted by Gasteiger charge is 2.29. The summed E-state index contributed by atoms with van der Waals surface area (Å²) in [5.74, 6) is 0.0680. The van der Waals surface area contributed by atoms with Gasteiger partial charge in [0.2, 0.25) is 15.9 Å². The summed E-state index contributed by atoms with van der Waals surface area (Å²) in [7, 11) is -2.14. The van der Waals surface area contributed by atoms with E-state index >= 15 is 0 Å². The highest BCUT2D eigenvalue weighted by Crippen LogP contribution is 2.27. The first-order valence-electron chi connectivity index (χ1n) is 8.15. The average Bonchev–Trinajstić information content (AvgIpc) is 2.54. The first-order chi connectivity index (χ1) is 12.1. The first kappa shape index (κ1) is 19.8. The van der Waals surface area contributed by atoms with Crippen LogP contribution in [0.3, 0.4) is 0 Å². The van der Waals surface area contributed by atoms with Crippen molar-refractivity contribution >= 4 is 27.3 Å². The third-order valence-corrected chi connectivity index (χ3v) is 5.20. The maximum Gasteiger partial charge on any atom is 0.248 e. The van der Waals surface area contributed by atoms with Crippen LogP contribution in [0.15, 0.2) is 42.5 Å². The molecule has 0 aliphatic carbocycles. The molecule has 2 aromatic carbocycles. The number of nitrogens with zero attached hydrogens (tertiary/aromatic N) is 1. The zero-order chi connectivity index (χ0) is 19.5. The maximum absolute atomic E-state index is 12.8. The number of aryl methyl sites for hydroxylation is 2. The lowest BCUT2D eigenvalue weighted by Crippen LogP contribution is -2.45. The zero-order valence-corrected chi connectivity index (χ0v) is 16.4. The molecule has 2 rings (SSSR count). The van der Waals surface area contributed by atoms with Crippen molar-refractivity contribution in [3.8, 4) is 5.75 Å². The van der Waals surface area contributed by atoms with E-state index in [0.29, 0.717) is 17.1 Å². The second-order valence-electron chi connectivity index (χ2n) is 6.27. The van der Waals surface area contributed by atoms with Gasteiger partial charge in [-0.2, -0.15) is 0 Å². The van der Waals surface area contributed by atoms with Gasteiger partial charge >= 0.3 is 0 Å². The molecule has 6 nitrogen and oxygen atoms in total. The van der Waals surface area contributed by atoms with Gasteiger partial charge in [0.05, 0.1) is 24.7 Å². The van der Waals surface area contributed by atoms with Crippen LogP contribution in [0.4, 0.5) is 11.4 Å². The standard InChI is InChI=1S/C19H24N2O4S/c1-13-7-6-8-16(11-13)21(26(5,23)24)15(3)19(22)20-17-12-14(2)9-10-18(17)25-4/h6-12,15H,1-5H3,(H,20,22)/t15-/m1/s1. The molecule has 0 heterocycles. The van der Waals surface area contributed by atoms with Gasteiger partial charge in [0.15, 0.2) is 0 Å². The summed E-state index contributed by atoms with van der Waals surface area (Å²) in [4.78, 5) is 12.8. The Morgan fingerprint density at radius 2 is 1.77 bits per heavy atom. The number of ether oxygens (including phenoxy) is 1. The number of rotatable bonds is 6. The Labute approximate surface area is 154 Å². The number of amides is 1. The van der Waals surface area contributed by atoms with E-state index in [-0.39, 0.29) is 0 Å². The lowest BCUT2D eigenvalue weighted by Gasteiger charge is -2.28. The molecule has 0 radical (unpaired) electrons. The second kappa shape index (κ2) is 7.78. The van der Waals surface area contributed by atoms with Crippen LogP contribution < -0.4 is 14.4 Å². The molecule has 1 N–H and O–H groups in total. The Hall–Kier alpha value is -2.54. The number of sulfonamides is 1. The summed E-state index contributed by atoms with van der Waals surface area (Å²) in [5, 5.41) is 2.77. The largest absolute Gasteiger partial charge is 0.495 e. The molecular formula is C19H24N2O4S. The van der Waals surface area contributed by atoms with Crippen LogP contribution in [0.25, 0.3) is 0 Å². The lowest BCUT2D eigenvalue weighted by molar-refractivity contribution is -0.116. The highest BCUT2D eigenvalue weighted by molar-refractivity contribution is 7.92. The number of benzene rings is 2. The second-order valence-corrected chi connectivity index (χ2v) is 8.13. The van der Waals surface area contributed by atoms with Gasteiger partial charge in [-0.25, -0.2) is 8.42 Å². The first-order valence-corrected chi connectivity index (χ1v) is 10.00. The molecule has 7 heteroatoms. The lowest BCUT2D eigenvalue weighted by atomic mass is 10.2. The van der Waals surface area contributed by atoms with Crippen molar-refractivity contribution in [2.24, 2.45) is 0 Å². The Balaban J connectivity index is 2.36. The predicted octanol–water partition coefficient (Wildman–Crippen LogP) is 3.11. The van der Waals surface area contributed by atoms with Gasteiger partial charge in [-0.15, -0.1) is 0 Å². The molecule has 0 spiro atoms. The van der Waals surface area contributed by atoms with Gasteiger partial charge < -0.3 is 10.1 Å². The zero-order valence-electron chi connectivity index (χ0n) is 15.6. The Bertz CT molecular complexity index is 910. The molecule has 2 aromatic rings. The molecule has 0 saturated carbocycles. The fourth-order valence-electron chi connectivity index (χ4n) is 2.73. The quantitative estimate of drug-likeness (QED) is 0.840. The van der Waals surface area contributed by atoms with E-state index in [0.717, 1.165) is 21.7 Å². The molecular weight excluding hydrogens is 352 g/mol. The smallest absolute Gasteiger partial charge is 0.248 e. The van der Waals surface area contributed by atoms with Crippen LogP contribution in [0, 0.1) is 13.8 Å². The monoisotopic (exact) mass is 376 g/mol. The number of carbonyl (C=O) groups excluding carboxylic acids is 1. The molecule has 26 heavy (non-hydrogen) atoms. The summed E-state index contributed by atoms with van der Waals surface area (Å²) < 4.78 is 31.1. The van der Waals surface area contributed by atoms with Crippen LogP contribution in [-0.4, -0.2) is 33.7 Å². The van der Waals surface area contributed by atoms with Crippen molar-refractivity contribution in [2.75, 3.05) is 23.0 Å². The van der Waals surface area contributed by atoms with Crippen molar-refractivity contribution in [1.29, 1.82) is 0 Å². The Morgan fingerprint density at radius 3 is 2.35 bits per heavy atom. The number of anilines is 2.